The van der Waals surface area contributed by atoms with Gasteiger partial charge in [-0.2, -0.15) is 0 Å². The van der Waals surface area contributed by atoms with Crippen LogP contribution in [0.5, 0.6) is 0 Å². The van der Waals surface area contributed by atoms with Crippen LogP contribution in [0.25, 0.3) is 11.1 Å². The van der Waals surface area contributed by atoms with Crippen LogP contribution in [0, 0.1) is 0 Å². The third-order valence-corrected chi connectivity index (χ3v) is 3.93. The Kier molecular flexibility index (Phi) is 4.20. The first-order chi connectivity index (χ1) is 10.6. The molecule has 1 aliphatic heterocycles. The summed E-state index contributed by atoms with van der Waals surface area (Å²) in [4.78, 5) is 4.31. The molecule has 4 nitrogen and oxygen atoms in total. The zero-order valence-electron chi connectivity index (χ0n) is 12.1. The fourth-order valence-electron chi connectivity index (χ4n) is 2.45. The molecule has 1 aromatic carbocycles. The molecule has 0 aliphatic carbocycles. The van der Waals surface area contributed by atoms with Crippen LogP contribution in [-0.4, -0.2) is 35.1 Å². The van der Waals surface area contributed by atoms with Gasteiger partial charge in [-0.3, -0.25) is 9.37 Å². The highest BCUT2D eigenvalue weighted by atomic mass is 19.1. The van der Waals surface area contributed by atoms with Crippen LogP contribution in [0.4, 0.5) is 4.39 Å². The molecular weight excluding hydrogens is 285 g/mol. The molecule has 116 valence electrons. The van der Waals surface area contributed by atoms with Crippen LogP contribution in [0.3, 0.4) is 0 Å². The van der Waals surface area contributed by atoms with Crippen molar-refractivity contribution in [3.8, 4) is 11.1 Å². The lowest BCUT2D eigenvalue weighted by Gasteiger charge is -2.35. The molecule has 1 unspecified atom stereocenters. The second-order valence-corrected chi connectivity index (χ2v) is 5.57. The quantitative estimate of drug-likeness (QED) is 0.890. The molecule has 2 aromatic rings. The summed E-state index contributed by atoms with van der Waals surface area (Å²) in [5.41, 5.74) is 2.22. The summed E-state index contributed by atoms with van der Waals surface area (Å²) in [5, 5.41) is 19.9. The summed E-state index contributed by atoms with van der Waals surface area (Å²) in [5.74, 6) is 0. The average molecular weight is 303 g/mol. The van der Waals surface area contributed by atoms with Gasteiger partial charge in [-0.1, -0.05) is 30.3 Å². The van der Waals surface area contributed by atoms with Gasteiger partial charge in [0.15, 0.2) is 5.60 Å². The van der Waals surface area contributed by atoms with E-state index in [-0.39, 0.29) is 19.6 Å². The Balaban J connectivity index is 1.76. The van der Waals surface area contributed by atoms with Gasteiger partial charge in [0.25, 0.3) is 0 Å². The summed E-state index contributed by atoms with van der Waals surface area (Å²) in [6.45, 7) is 0.0158. The number of rotatable bonds is 5. The summed E-state index contributed by atoms with van der Waals surface area (Å²) >= 11 is 0. The minimum Gasteiger partial charge on any atom is -0.388 e. The molecule has 2 N–H and O–H groups in total. The summed E-state index contributed by atoms with van der Waals surface area (Å²) in [6, 6.07) is 11.0. The van der Waals surface area contributed by atoms with Crippen molar-refractivity contribution in [2.45, 2.75) is 18.1 Å². The molecule has 5 heteroatoms. The maximum Gasteiger partial charge on any atom is 0.153 e. The zero-order chi connectivity index (χ0) is 15.6. The van der Waals surface area contributed by atoms with Crippen LogP contribution < -0.4 is 0 Å². The van der Waals surface area contributed by atoms with Crippen LogP contribution in [0.15, 0.2) is 42.6 Å². The molecule has 0 spiro atoms. The number of alkyl halides is 1. The molecule has 0 bridgehead atoms. The van der Waals surface area contributed by atoms with Crippen molar-refractivity contribution in [1.29, 1.82) is 0 Å². The maximum absolute atomic E-state index is 12.2. The molecule has 0 amide bonds. The number of hydrogen-bond donors (Lipinski definition) is 2. The van der Waals surface area contributed by atoms with E-state index in [1.54, 1.807) is 24.4 Å². The van der Waals surface area contributed by atoms with E-state index in [1.807, 2.05) is 18.2 Å². The average Bonchev–Trinajstić information content (AvgIpc) is 2.53. The van der Waals surface area contributed by atoms with Crippen molar-refractivity contribution in [3.05, 3.63) is 53.9 Å². The summed E-state index contributed by atoms with van der Waals surface area (Å²) < 4.78 is 17.3. The number of hydrogen-bond acceptors (Lipinski definition) is 4. The van der Waals surface area contributed by atoms with E-state index < -0.39 is 18.4 Å². The lowest BCUT2D eigenvalue weighted by atomic mass is 9.96. The third kappa shape index (κ3) is 2.88. The summed E-state index contributed by atoms with van der Waals surface area (Å²) in [6.07, 6.45) is 1.04. The molecule has 1 fully saturated rings. The smallest absolute Gasteiger partial charge is 0.153 e. The molecule has 2 heterocycles. The molecule has 0 radical (unpaired) electrons. The largest absolute Gasteiger partial charge is 0.388 e. The molecular formula is C17H18FNO3. The highest BCUT2D eigenvalue weighted by molar-refractivity contribution is 5.63. The van der Waals surface area contributed by atoms with Gasteiger partial charge in [0.05, 0.1) is 31.7 Å². The van der Waals surface area contributed by atoms with E-state index in [0.717, 1.165) is 11.1 Å². The van der Waals surface area contributed by atoms with Crippen LogP contribution in [0.1, 0.15) is 23.8 Å². The highest BCUT2D eigenvalue weighted by Gasteiger charge is 2.39. The Bertz CT molecular complexity index is 623. The van der Waals surface area contributed by atoms with E-state index in [1.165, 1.54) is 0 Å². The van der Waals surface area contributed by atoms with Crippen LogP contribution in [-0.2, 0) is 10.3 Å². The lowest BCUT2D eigenvalue weighted by molar-refractivity contribution is -0.186. The van der Waals surface area contributed by atoms with Gasteiger partial charge >= 0.3 is 0 Å². The molecule has 22 heavy (non-hydrogen) atoms. The Labute approximate surface area is 128 Å². The van der Waals surface area contributed by atoms with Crippen molar-refractivity contribution in [2.24, 2.45) is 0 Å². The minimum absolute atomic E-state index is 0.107. The fraction of sp³-hybridized carbons (Fsp3) is 0.353. The second-order valence-electron chi connectivity index (χ2n) is 5.57. The van der Waals surface area contributed by atoms with Gasteiger partial charge < -0.3 is 14.9 Å². The number of aromatic nitrogens is 1. The predicted molar refractivity (Wildman–Crippen MR) is 79.9 cm³/mol. The van der Waals surface area contributed by atoms with Crippen molar-refractivity contribution in [2.75, 3.05) is 19.9 Å². The highest BCUT2D eigenvalue weighted by Crippen LogP contribution is 2.29. The van der Waals surface area contributed by atoms with Gasteiger partial charge in [0.1, 0.15) is 0 Å². The lowest BCUT2D eigenvalue weighted by Crippen LogP contribution is -2.47. The van der Waals surface area contributed by atoms with E-state index >= 15 is 0 Å². The number of ether oxygens (including phenoxy) is 1. The van der Waals surface area contributed by atoms with E-state index in [0.29, 0.717) is 11.3 Å². The van der Waals surface area contributed by atoms with E-state index in [4.69, 9.17) is 4.74 Å². The second kappa shape index (κ2) is 6.12. The molecule has 1 aliphatic rings. The van der Waals surface area contributed by atoms with Gasteiger partial charge in [-0.15, -0.1) is 0 Å². The number of benzene rings is 1. The van der Waals surface area contributed by atoms with Crippen molar-refractivity contribution in [1.82, 2.24) is 4.98 Å². The molecule has 1 saturated heterocycles. The van der Waals surface area contributed by atoms with Crippen molar-refractivity contribution in [3.63, 3.8) is 0 Å². The Morgan fingerprint density at radius 1 is 1.14 bits per heavy atom. The minimum atomic E-state index is -0.959. The number of aliphatic hydroxyl groups excluding tert-OH is 1. The molecule has 0 saturated carbocycles. The Morgan fingerprint density at radius 2 is 1.82 bits per heavy atom. The first-order valence-corrected chi connectivity index (χ1v) is 7.23. The topological polar surface area (TPSA) is 62.6 Å². The number of nitrogens with zero attached hydrogens (tertiary/aromatic N) is 1. The van der Waals surface area contributed by atoms with Gasteiger partial charge in [0, 0.05) is 18.2 Å². The SMILES string of the molecule is OC(CCF)c1ccc(-c2ccc(C3(O)COC3)nc2)cc1. The molecule has 3 rings (SSSR count). The van der Waals surface area contributed by atoms with Gasteiger partial charge in [-0.05, 0) is 17.2 Å². The number of pyridine rings is 1. The van der Waals surface area contributed by atoms with E-state index in [9.17, 15) is 14.6 Å². The predicted octanol–water partition coefficient (Wildman–Crippen LogP) is 2.36. The van der Waals surface area contributed by atoms with Crippen LogP contribution >= 0.6 is 0 Å². The van der Waals surface area contributed by atoms with Gasteiger partial charge in [0.2, 0.25) is 0 Å². The summed E-state index contributed by atoms with van der Waals surface area (Å²) in [7, 11) is 0. The van der Waals surface area contributed by atoms with Crippen molar-refractivity contribution >= 4 is 0 Å². The fourth-order valence-corrected chi connectivity index (χ4v) is 2.45. The standard InChI is InChI=1S/C17H18FNO3/c18-8-7-15(20)13-3-1-12(2-4-13)14-5-6-16(19-9-14)17(21)10-22-11-17/h1-6,9,15,20-21H,7-8,10-11H2. The molecule has 1 aromatic heterocycles. The van der Waals surface area contributed by atoms with Crippen molar-refractivity contribution < 1.29 is 19.3 Å². The number of halogens is 1. The third-order valence-electron chi connectivity index (χ3n) is 3.93. The first kappa shape index (κ1) is 15.1. The monoisotopic (exact) mass is 303 g/mol. The molecule has 1 atom stereocenters. The van der Waals surface area contributed by atoms with Gasteiger partial charge in [-0.25, -0.2) is 0 Å². The first-order valence-electron chi connectivity index (χ1n) is 7.23. The van der Waals surface area contributed by atoms with Crippen LogP contribution in [0.2, 0.25) is 0 Å². The Hall–Kier alpha value is -1.82. The normalized spacial score (nSPS) is 17.8. The van der Waals surface area contributed by atoms with E-state index in [2.05, 4.69) is 4.98 Å². The maximum atomic E-state index is 12.2. The Morgan fingerprint density at radius 3 is 2.32 bits per heavy atom. The zero-order valence-corrected chi connectivity index (χ0v) is 12.1. The number of aliphatic hydroxyl groups is 2.